The quantitative estimate of drug-likeness (QED) is 0.823. The van der Waals surface area contributed by atoms with Gasteiger partial charge in [-0.1, -0.05) is 6.92 Å². The summed E-state index contributed by atoms with van der Waals surface area (Å²) in [5, 5.41) is 0.484. The molecular weight excluding hydrogens is 252 g/mol. The molecule has 2 heterocycles. The van der Waals surface area contributed by atoms with Crippen molar-refractivity contribution >= 4 is 28.2 Å². The van der Waals surface area contributed by atoms with Crippen LogP contribution >= 0.6 is 11.3 Å². The van der Waals surface area contributed by atoms with E-state index in [4.69, 9.17) is 10.5 Å². The van der Waals surface area contributed by atoms with Crippen LogP contribution in [0.2, 0.25) is 0 Å². The molecular formula is C12H16N2O3S. The Labute approximate surface area is 110 Å². The van der Waals surface area contributed by atoms with Gasteiger partial charge in [0.15, 0.2) is 0 Å². The second-order valence-corrected chi connectivity index (χ2v) is 5.29. The van der Waals surface area contributed by atoms with E-state index < -0.39 is 0 Å². The van der Waals surface area contributed by atoms with Crippen molar-refractivity contribution < 1.29 is 14.3 Å². The number of nitrogen functional groups attached to an aromatic ring is 1. The molecule has 0 fully saturated rings. The molecule has 0 saturated carbocycles. The molecule has 0 radical (unpaired) electrons. The highest BCUT2D eigenvalue weighted by atomic mass is 32.1. The Bertz CT molecular complexity index is 496. The van der Waals surface area contributed by atoms with E-state index in [0.717, 1.165) is 10.4 Å². The molecule has 0 saturated heterocycles. The molecule has 1 aromatic rings. The van der Waals surface area contributed by atoms with Gasteiger partial charge in [0.2, 0.25) is 5.91 Å². The minimum Gasteiger partial charge on any atom is -0.465 e. The fourth-order valence-electron chi connectivity index (χ4n) is 2.19. The van der Waals surface area contributed by atoms with E-state index in [2.05, 4.69) is 0 Å². The standard InChI is InChI=1S/C12H16N2O3S/c1-3-9(15)14-5-4-7-8(6-14)18-11(13)10(7)12(16)17-2/h3-6,13H2,1-2H3. The van der Waals surface area contributed by atoms with E-state index in [9.17, 15) is 9.59 Å². The summed E-state index contributed by atoms with van der Waals surface area (Å²) < 4.78 is 4.74. The first-order valence-electron chi connectivity index (χ1n) is 5.84. The van der Waals surface area contributed by atoms with Crippen molar-refractivity contribution in [3.8, 4) is 0 Å². The Hall–Kier alpha value is -1.56. The summed E-state index contributed by atoms with van der Waals surface area (Å²) in [7, 11) is 1.35. The molecule has 0 unspecified atom stereocenters. The average molecular weight is 268 g/mol. The summed E-state index contributed by atoms with van der Waals surface area (Å²) in [6, 6.07) is 0. The van der Waals surface area contributed by atoms with Gasteiger partial charge in [0.05, 0.1) is 19.2 Å². The van der Waals surface area contributed by atoms with Crippen molar-refractivity contribution in [2.75, 3.05) is 19.4 Å². The van der Waals surface area contributed by atoms with Crippen LogP contribution in [-0.2, 0) is 22.5 Å². The van der Waals surface area contributed by atoms with Crippen LogP contribution in [0, 0.1) is 0 Å². The number of thiophene rings is 1. The van der Waals surface area contributed by atoms with Gasteiger partial charge in [0, 0.05) is 17.8 Å². The maximum Gasteiger partial charge on any atom is 0.341 e. The molecule has 98 valence electrons. The molecule has 0 aromatic carbocycles. The summed E-state index contributed by atoms with van der Waals surface area (Å²) >= 11 is 1.38. The molecule has 1 aromatic heterocycles. The molecule has 5 nitrogen and oxygen atoms in total. The number of amides is 1. The molecule has 0 bridgehead atoms. The van der Waals surface area contributed by atoms with Crippen LogP contribution in [0.25, 0.3) is 0 Å². The molecule has 2 N–H and O–H groups in total. The highest BCUT2D eigenvalue weighted by molar-refractivity contribution is 7.16. The number of nitrogens with two attached hydrogens (primary N) is 1. The number of ether oxygens (including phenoxy) is 1. The van der Waals surface area contributed by atoms with Gasteiger partial charge in [-0.25, -0.2) is 4.79 Å². The van der Waals surface area contributed by atoms with E-state index >= 15 is 0 Å². The highest BCUT2D eigenvalue weighted by Crippen LogP contribution is 2.35. The van der Waals surface area contributed by atoms with E-state index in [1.807, 2.05) is 6.92 Å². The topological polar surface area (TPSA) is 72.6 Å². The number of carbonyl (C=O) groups excluding carboxylic acids is 2. The number of hydrogen-bond donors (Lipinski definition) is 1. The van der Waals surface area contributed by atoms with Gasteiger partial charge in [-0.15, -0.1) is 11.3 Å². The van der Waals surface area contributed by atoms with E-state index in [-0.39, 0.29) is 11.9 Å². The van der Waals surface area contributed by atoms with Crippen LogP contribution in [0.3, 0.4) is 0 Å². The molecule has 0 aliphatic carbocycles. The van der Waals surface area contributed by atoms with Crippen LogP contribution in [0.4, 0.5) is 5.00 Å². The first kappa shape index (κ1) is 12.9. The highest BCUT2D eigenvalue weighted by Gasteiger charge is 2.28. The van der Waals surface area contributed by atoms with Gasteiger partial charge < -0.3 is 15.4 Å². The van der Waals surface area contributed by atoms with Gasteiger partial charge in [0.1, 0.15) is 5.00 Å². The Morgan fingerprint density at radius 1 is 1.50 bits per heavy atom. The van der Waals surface area contributed by atoms with Crippen molar-refractivity contribution in [1.82, 2.24) is 4.90 Å². The van der Waals surface area contributed by atoms with Gasteiger partial charge in [-0.3, -0.25) is 4.79 Å². The lowest BCUT2D eigenvalue weighted by Crippen LogP contribution is -2.35. The molecule has 1 amide bonds. The fourth-order valence-corrected chi connectivity index (χ4v) is 3.31. The first-order chi connectivity index (χ1) is 8.58. The second-order valence-electron chi connectivity index (χ2n) is 4.15. The van der Waals surface area contributed by atoms with Gasteiger partial charge in [0.25, 0.3) is 0 Å². The maximum absolute atomic E-state index is 11.7. The zero-order valence-corrected chi connectivity index (χ0v) is 11.3. The van der Waals surface area contributed by atoms with E-state index in [1.165, 1.54) is 18.4 Å². The molecule has 1 aliphatic heterocycles. The lowest BCUT2D eigenvalue weighted by atomic mass is 10.0. The van der Waals surface area contributed by atoms with Crippen molar-refractivity contribution in [1.29, 1.82) is 0 Å². The number of hydrogen-bond acceptors (Lipinski definition) is 5. The zero-order valence-electron chi connectivity index (χ0n) is 10.5. The van der Waals surface area contributed by atoms with Gasteiger partial charge in [-0.05, 0) is 12.0 Å². The van der Waals surface area contributed by atoms with E-state index in [1.54, 1.807) is 4.90 Å². The minimum atomic E-state index is -0.389. The summed E-state index contributed by atoms with van der Waals surface area (Å²) in [6.07, 6.45) is 1.17. The van der Waals surface area contributed by atoms with Crippen LogP contribution in [0.15, 0.2) is 0 Å². The molecule has 1 aliphatic rings. The summed E-state index contributed by atoms with van der Waals surface area (Å²) in [6.45, 7) is 3.04. The third-order valence-electron chi connectivity index (χ3n) is 3.13. The first-order valence-corrected chi connectivity index (χ1v) is 6.66. The monoisotopic (exact) mass is 268 g/mol. The average Bonchev–Trinajstić information content (AvgIpc) is 2.71. The number of nitrogens with zero attached hydrogens (tertiary/aromatic N) is 1. The Kier molecular flexibility index (Phi) is 3.56. The largest absolute Gasteiger partial charge is 0.465 e. The van der Waals surface area contributed by atoms with Crippen molar-refractivity contribution in [3.63, 3.8) is 0 Å². The number of rotatable bonds is 2. The molecule has 18 heavy (non-hydrogen) atoms. The fraction of sp³-hybridized carbons (Fsp3) is 0.500. The van der Waals surface area contributed by atoms with Crippen molar-refractivity contribution in [2.45, 2.75) is 26.3 Å². The van der Waals surface area contributed by atoms with Crippen LogP contribution in [0.1, 0.15) is 34.1 Å². The number of esters is 1. The molecule has 6 heteroatoms. The van der Waals surface area contributed by atoms with Gasteiger partial charge in [-0.2, -0.15) is 0 Å². The smallest absolute Gasteiger partial charge is 0.341 e. The van der Waals surface area contributed by atoms with Crippen molar-refractivity contribution in [2.24, 2.45) is 0 Å². The predicted octanol–water partition coefficient (Wildman–Crippen LogP) is 1.41. The zero-order chi connectivity index (χ0) is 13.3. The summed E-state index contributed by atoms with van der Waals surface area (Å²) in [4.78, 5) is 26.1. The minimum absolute atomic E-state index is 0.132. The number of carbonyl (C=O) groups is 2. The predicted molar refractivity (Wildman–Crippen MR) is 69.5 cm³/mol. The summed E-state index contributed by atoms with van der Waals surface area (Å²) in [5.74, 6) is -0.257. The molecule has 0 spiro atoms. The Balaban J connectivity index is 2.31. The summed E-state index contributed by atoms with van der Waals surface area (Å²) in [5.41, 5.74) is 7.30. The Morgan fingerprint density at radius 3 is 2.83 bits per heavy atom. The molecule has 0 atom stereocenters. The number of anilines is 1. The third kappa shape index (κ3) is 2.08. The maximum atomic E-state index is 11.7. The van der Waals surface area contributed by atoms with Crippen molar-refractivity contribution in [3.05, 3.63) is 16.0 Å². The molecule has 2 rings (SSSR count). The van der Waals surface area contributed by atoms with E-state index in [0.29, 0.717) is 36.5 Å². The number of methoxy groups -OCH3 is 1. The number of fused-ring (bicyclic) bond motifs is 1. The van der Waals surface area contributed by atoms with Crippen LogP contribution in [0.5, 0.6) is 0 Å². The van der Waals surface area contributed by atoms with Crippen LogP contribution < -0.4 is 5.73 Å². The van der Waals surface area contributed by atoms with Crippen LogP contribution in [-0.4, -0.2) is 30.4 Å². The lowest BCUT2D eigenvalue weighted by Gasteiger charge is -2.26. The normalized spacial score (nSPS) is 14.2. The lowest BCUT2D eigenvalue weighted by molar-refractivity contribution is -0.131. The third-order valence-corrected chi connectivity index (χ3v) is 4.17. The van der Waals surface area contributed by atoms with Gasteiger partial charge >= 0.3 is 5.97 Å². The second kappa shape index (κ2) is 4.97. The Morgan fingerprint density at radius 2 is 2.22 bits per heavy atom. The SMILES string of the molecule is CCC(=O)N1CCc2c(sc(N)c2C(=O)OC)C1.